The molecule has 0 radical (unpaired) electrons. The Balaban J connectivity index is 1.85. The second kappa shape index (κ2) is 4.34. The van der Waals surface area contributed by atoms with Crippen LogP contribution in [0.1, 0.15) is 26.2 Å². The Morgan fingerprint density at radius 3 is 2.56 bits per heavy atom. The summed E-state index contributed by atoms with van der Waals surface area (Å²) < 4.78 is 5.22. The quantitative estimate of drug-likeness (QED) is 0.770. The largest absolute Gasteiger partial charge is 0.388 e. The molecule has 1 N–H and O–H groups in total. The van der Waals surface area contributed by atoms with Crippen LogP contribution in [-0.2, 0) is 9.53 Å². The summed E-state index contributed by atoms with van der Waals surface area (Å²) in [5.74, 6) is 0.917. The highest BCUT2D eigenvalue weighted by Crippen LogP contribution is 2.39. The molecule has 2 rings (SSSR count). The van der Waals surface area contributed by atoms with Crippen LogP contribution in [0.15, 0.2) is 0 Å². The van der Waals surface area contributed by atoms with Crippen molar-refractivity contribution in [3.05, 3.63) is 0 Å². The molecule has 1 saturated heterocycles. The van der Waals surface area contributed by atoms with Crippen molar-refractivity contribution >= 4 is 5.91 Å². The summed E-state index contributed by atoms with van der Waals surface area (Å²) in [7, 11) is 1.79. The summed E-state index contributed by atoms with van der Waals surface area (Å²) in [4.78, 5) is 13.6. The molecule has 0 aromatic heterocycles. The van der Waals surface area contributed by atoms with Gasteiger partial charge in [-0.2, -0.15) is 0 Å². The van der Waals surface area contributed by atoms with Gasteiger partial charge in [0.15, 0.2) is 0 Å². The zero-order valence-corrected chi connectivity index (χ0v) is 10.1. The van der Waals surface area contributed by atoms with E-state index in [9.17, 15) is 9.90 Å². The smallest absolute Gasteiger partial charge is 0.225 e. The number of hydrogen-bond donors (Lipinski definition) is 1. The third-order valence-electron chi connectivity index (χ3n) is 3.76. The van der Waals surface area contributed by atoms with Gasteiger partial charge < -0.3 is 14.7 Å². The standard InChI is InChI=1S/C12H21NO3/c1-9-7-10(9)11(14)13(2)8-12(15)3-5-16-6-4-12/h9-10,15H,3-8H2,1-2H3. The first-order valence-electron chi connectivity index (χ1n) is 6.07. The Morgan fingerprint density at radius 2 is 2.06 bits per heavy atom. The molecule has 0 spiro atoms. The number of likely N-dealkylation sites (N-methyl/N-ethyl adjacent to an activating group) is 1. The van der Waals surface area contributed by atoms with Crippen molar-refractivity contribution in [1.29, 1.82) is 0 Å². The van der Waals surface area contributed by atoms with Crippen LogP contribution < -0.4 is 0 Å². The molecule has 0 aromatic rings. The van der Waals surface area contributed by atoms with Crippen LogP contribution in [0.5, 0.6) is 0 Å². The van der Waals surface area contributed by atoms with E-state index in [1.165, 1.54) is 0 Å². The summed E-state index contributed by atoms with van der Waals surface area (Å²) in [5.41, 5.74) is -0.735. The van der Waals surface area contributed by atoms with Crippen molar-refractivity contribution in [2.45, 2.75) is 31.8 Å². The molecule has 4 nitrogen and oxygen atoms in total. The van der Waals surface area contributed by atoms with Crippen molar-refractivity contribution in [1.82, 2.24) is 4.90 Å². The van der Waals surface area contributed by atoms with Gasteiger partial charge in [-0.3, -0.25) is 4.79 Å². The van der Waals surface area contributed by atoms with Crippen LogP contribution in [-0.4, -0.2) is 48.3 Å². The molecule has 1 saturated carbocycles. The first kappa shape index (κ1) is 11.9. The minimum absolute atomic E-state index is 0.187. The Morgan fingerprint density at radius 1 is 1.50 bits per heavy atom. The van der Waals surface area contributed by atoms with E-state index in [2.05, 4.69) is 6.92 Å². The fraction of sp³-hybridized carbons (Fsp3) is 0.917. The second-order valence-corrected chi connectivity index (χ2v) is 5.35. The fourth-order valence-electron chi connectivity index (χ4n) is 2.38. The van der Waals surface area contributed by atoms with Crippen molar-refractivity contribution < 1.29 is 14.6 Å². The fourth-order valence-corrected chi connectivity index (χ4v) is 2.38. The summed E-state index contributed by atoms with van der Waals surface area (Å²) >= 11 is 0. The Hall–Kier alpha value is -0.610. The number of amides is 1. The number of rotatable bonds is 3. The van der Waals surface area contributed by atoms with Gasteiger partial charge in [0.1, 0.15) is 0 Å². The van der Waals surface area contributed by atoms with E-state index in [1.54, 1.807) is 11.9 Å². The minimum Gasteiger partial charge on any atom is -0.388 e. The van der Waals surface area contributed by atoms with E-state index >= 15 is 0 Å². The number of nitrogens with zero attached hydrogens (tertiary/aromatic N) is 1. The predicted molar refractivity (Wildman–Crippen MR) is 59.9 cm³/mol. The number of aliphatic hydroxyl groups is 1. The summed E-state index contributed by atoms with van der Waals surface area (Å²) in [5, 5.41) is 10.3. The van der Waals surface area contributed by atoms with Gasteiger partial charge in [0.25, 0.3) is 0 Å². The van der Waals surface area contributed by atoms with Crippen molar-refractivity contribution in [3.63, 3.8) is 0 Å². The molecule has 1 amide bonds. The highest BCUT2D eigenvalue weighted by Gasteiger charge is 2.42. The first-order chi connectivity index (χ1) is 7.52. The molecule has 0 bridgehead atoms. The highest BCUT2D eigenvalue weighted by molar-refractivity contribution is 5.81. The molecule has 4 heteroatoms. The van der Waals surface area contributed by atoms with E-state index < -0.39 is 5.60 Å². The Kier molecular flexibility index (Phi) is 3.22. The average molecular weight is 227 g/mol. The molecule has 92 valence electrons. The molecule has 1 aliphatic carbocycles. The lowest BCUT2D eigenvalue weighted by molar-refractivity contribution is -0.138. The summed E-state index contributed by atoms with van der Waals surface area (Å²) in [6.45, 7) is 3.73. The van der Waals surface area contributed by atoms with E-state index in [0.717, 1.165) is 6.42 Å². The molecule has 16 heavy (non-hydrogen) atoms. The third-order valence-corrected chi connectivity index (χ3v) is 3.76. The summed E-state index contributed by atoms with van der Waals surface area (Å²) in [6.07, 6.45) is 2.26. The molecular formula is C12H21NO3. The average Bonchev–Trinajstić information content (AvgIpc) is 2.94. The molecular weight excluding hydrogens is 206 g/mol. The Bertz CT molecular complexity index is 273. The maximum absolute atomic E-state index is 11.9. The number of ether oxygens (including phenoxy) is 1. The number of carbonyl (C=O) groups excluding carboxylic acids is 1. The molecule has 1 aliphatic heterocycles. The minimum atomic E-state index is -0.735. The highest BCUT2D eigenvalue weighted by atomic mass is 16.5. The van der Waals surface area contributed by atoms with Crippen molar-refractivity contribution in [2.24, 2.45) is 11.8 Å². The van der Waals surface area contributed by atoms with Gasteiger partial charge in [0.05, 0.1) is 5.60 Å². The normalized spacial score (nSPS) is 32.2. The van der Waals surface area contributed by atoms with E-state index in [-0.39, 0.29) is 11.8 Å². The first-order valence-corrected chi connectivity index (χ1v) is 6.07. The molecule has 1 heterocycles. The lowest BCUT2D eigenvalue weighted by atomic mass is 9.94. The van der Waals surface area contributed by atoms with E-state index in [4.69, 9.17) is 4.74 Å². The number of carbonyl (C=O) groups is 1. The van der Waals surface area contributed by atoms with Crippen LogP contribution in [0.4, 0.5) is 0 Å². The molecule has 0 aromatic carbocycles. The van der Waals surface area contributed by atoms with Gasteiger partial charge in [-0.15, -0.1) is 0 Å². The van der Waals surface area contributed by atoms with Gasteiger partial charge in [-0.1, -0.05) is 6.92 Å². The van der Waals surface area contributed by atoms with Gasteiger partial charge in [0.2, 0.25) is 5.91 Å². The van der Waals surface area contributed by atoms with Crippen molar-refractivity contribution in [3.8, 4) is 0 Å². The monoisotopic (exact) mass is 227 g/mol. The van der Waals surface area contributed by atoms with E-state index in [0.29, 0.717) is 38.5 Å². The van der Waals surface area contributed by atoms with Gasteiger partial charge in [-0.25, -0.2) is 0 Å². The van der Waals surface area contributed by atoms with Crippen LogP contribution in [0.2, 0.25) is 0 Å². The lowest BCUT2D eigenvalue weighted by Crippen LogP contribution is -2.47. The van der Waals surface area contributed by atoms with Gasteiger partial charge in [0, 0.05) is 45.6 Å². The van der Waals surface area contributed by atoms with Crippen LogP contribution in [0.3, 0.4) is 0 Å². The topological polar surface area (TPSA) is 49.8 Å². The lowest BCUT2D eigenvalue weighted by Gasteiger charge is -2.35. The van der Waals surface area contributed by atoms with Crippen LogP contribution >= 0.6 is 0 Å². The maximum Gasteiger partial charge on any atom is 0.225 e. The zero-order valence-electron chi connectivity index (χ0n) is 10.1. The molecule has 2 unspecified atom stereocenters. The van der Waals surface area contributed by atoms with Gasteiger partial charge in [-0.05, 0) is 12.3 Å². The predicted octanol–water partition coefficient (Wildman–Crippen LogP) is 0.642. The van der Waals surface area contributed by atoms with Crippen LogP contribution in [0, 0.1) is 11.8 Å². The third kappa shape index (κ3) is 2.55. The second-order valence-electron chi connectivity index (χ2n) is 5.35. The van der Waals surface area contributed by atoms with Crippen molar-refractivity contribution in [2.75, 3.05) is 26.8 Å². The maximum atomic E-state index is 11.9. The molecule has 2 aliphatic rings. The molecule has 2 fully saturated rings. The Labute approximate surface area is 96.6 Å². The van der Waals surface area contributed by atoms with Crippen LogP contribution in [0.25, 0.3) is 0 Å². The molecule has 2 atom stereocenters. The van der Waals surface area contributed by atoms with Gasteiger partial charge >= 0.3 is 0 Å². The van der Waals surface area contributed by atoms with E-state index in [1.807, 2.05) is 0 Å². The SMILES string of the molecule is CC1CC1C(=O)N(C)CC1(O)CCOCC1. The summed E-state index contributed by atoms with van der Waals surface area (Å²) in [6, 6.07) is 0. The number of hydrogen-bond acceptors (Lipinski definition) is 3. The zero-order chi connectivity index (χ0) is 11.8.